The van der Waals surface area contributed by atoms with Crippen molar-refractivity contribution in [1.82, 2.24) is 0 Å². The van der Waals surface area contributed by atoms with E-state index in [0.29, 0.717) is 20.4 Å². The van der Waals surface area contributed by atoms with Crippen molar-refractivity contribution in [3.63, 3.8) is 0 Å². The van der Waals surface area contributed by atoms with Crippen LogP contribution in [-0.2, 0) is 4.57 Å². The molecule has 0 aromatic carbocycles. The molecule has 3 nitrogen and oxygen atoms in total. The number of rotatable bonds is 2. The summed E-state index contributed by atoms with van der Waals surface area (Å²) in [6, 6.07) is 0. The molecule has 0 aliphatic heterocycles. The molecule has 0 aliphatic carbocycles. The van der Waals surface area contributed by atoms with Gasteiger partial charge >= 0.3 is 28.6 Å². The zero-order valence-corrected chi connectivity index (χ0v) is 8.34. The van der Waals surface area contributed by atoms with Crippen LogP contribution in [0.3, 0.4) is 0 Å². The van der Waals surface area contributed by atoms with Crippen molar-refractivity contribution in [2.75, 3.05) is 0 Å². The fourth-order valence-corrected chi connectivity index (χ4v) is 1.06. The predicted molar refractivity (Wildman–Crippen MR) is 40.2 cm³/mol. The molecule has 0 spiro atoms. The van der Waals surface area contributed by atoms with E-state index in [1.165, 1.54) is 9.10 Å². The summed E-state index contributed by atoms with van der Waals surface area (Å²) >= 11 is 0.432. The van der Waals surface area contributed by atoms with E-state index in [-0.39, 0.29) is 0 Å². The lowest BCUT2D eigenvalue weighted by Gasteiger charge is -1.72. The normalized spacial score (nSPS) is 7.67. The Kier molecular flexibility index (Phi) is 16.3. The molecule has 0 saturated heterocycles. The van der Waals surface area contributed by atoms with Crippen LogP contribution in [0.5, 0.6) is 0 Å². The van der Waals surface area contributed by atoms with Gasteiger partial charge in [-0.05, 0) is 0 Å². The molecule has 0 radical (unpaired) electrons. The third-order valence-corrected chi connectivity index (χ3v) is 2.12. The highest BCUT2D eigenvalue weighted by atomic mass is 31.1. The second kappa shape index (κ2) is 11.7. The van der Waals surface area contributed by atoms with Crippen LogP contribution in [0.25, 0.3) is 0 Å². The monoisotopic (exact) mass is 164 g/mol. The molecule has 2 N–H and O–H groups in total. The van der Waals surface area contributed by atoms with Crippen LogP contribution in [-0.4, -0.2) is 30.2 Å². The van der Waals surface area contributed by atoms with Crippen LogP contribution in [0.15, 0.2) is 0 Å². The highest BCUT2D eigenvalue weighted by molar-refractivity contribution is 7.30. The topological polar surface area (TPSA) is 57.5 Å². The van der Waals surface area contributed by atoms with E-state index in [1.807, 2.05) is 0 Å². The molecule has 0 fully saturated rings. The summed E-state index contributed by atoms with van der Waals surface area (Å²) in [7, 11) is -3.13. The molecule has 0 aliphatic rings. The third kappa shape index (κ3) is 50.2. The molecular weight excluding hydrogens is 151 g/mol. The van der Waals surface area contributed by atoms with Crippen LogP contribution in [0.1, 0.15) is 13.8 Å². The first-order valence-electron chi connectivity index (χ1n) is 3.07. The first-order valence-corrected chi connectivity index (χ1v) is 6.37. The van der Waals surface area contributed by atoms with Gasteiger partial charge in [0, 0.05) is 0 Å². The van der Waals surface area contributed by atoms with E-state index in [2.05, 4.69) is 13.8 Å². The van der Waals surface area contributed by atoms with Crippen LogP contribution in [0.4, 0.5) is 0 Å². The summed E-state index contributed by atoms with van der Waals surface area (Å²) in [4.78, 5) is 14.3. The quantitative estimate of drug-likeness (QED) is 0.471. The molecular formula is C4H13MgO3P. The van der Waals surface area contributed by atoms with E-state index >= 15 is 0 Å². The lowest BCUT2D eigenvalue weighted by Crippen LogP contribution is -1.76. The van der Waals surface area contributed by atoms with E-state index in [4.69, 9.17) is 14.4 Å². The smallest absolute Gasteiger partial charge is 0.326 e. The molecule has 0 aromatic rings. The summed E-state index contributed by atoms with van der Waals surface area (Å²) in [6.07, 6.45) is 0. The molecule has 0 heterocycles. The van der Waals surface area contributed by atoms with Crippen molar-refractivity contribution in [3.05, 3.63) is 0 Å². The fourth-order valence-electron chi connectivity index (χ4n) is 0.354. The van der Waals surface area contributed by atoms with E-state index in [0.717, 1.165) is 0 Å². The molecule has 0 bridgehead atoms. The fraction of sp³-hybridized carbons (Fsp3) is 1.00. The largest absolute Gasteiger partial charge is 0.363 e. The van der Waals surface area contributed by atoms with Gasteiger partial charge in [0.25, 0.3) is 0 Å². The van der Waals surface area contributed by atoms with Gasteiger partial charge in [0.1, 0.15) is 0 Å². The second-order valence-corrected chi connectivity index (χ2v) is 4.91. The third-order valence-electron chi connectivity index (χ3n) is 0.707. The van der Waals surface area contributed by atoms with Crippen LogP contribution < -0.4 is 0 Å². The van der Waals surface area contributed by atoms with Gasteiger partial charge in [0.2, 0.25) is 0 Å². The minimum absolute atomic E-state index is 0.432. The number of hydrogen-bond acceptors (Lipinski definition) is 1. The first kappa shape index (κ1) is 12.6. The van der Waals surface area contributed by atoms with Crippen molar-refractivity contribution in [1.29, 1.82) is 0 Å². The Bertz CT molecular complexity index is 62.8. The summed E-state index contributed by atoms with van der Waals surface area (Å²) < 4.78 is 11.7. The van der Waals surface area contributed by atoms with Gasteiger partial charge < -0.3 is 9.79 Å². The molecule has 9 heavy (non-hydrogen) atoms. The maximum Gasteiger partial charge on any atom is 0.363 e. The van der Waals surface area contributed by atoms with Gasteiger partial charge in [0.15, 0.2) is 0 Å². The highest BCUT2D eigenvalue weighted by Gasteiger charge is 1.79. The molecule has 54 valence electrons. The van der Waals surface area contributed by atoms with Crippen LogP contribution in [0, 0.1) is 0 Å². The van der Waals surface area contributed by atoms with Gasteiger partial charge in [-0.1, -0.05) is 13.8 Å². The lowest BCUT2D eigenvalue weighted by atomic mass is 10.9. The second-order valence-electron chi connectivity index (χ2n) is 1.64. The average molecular weight is 164 g/mol. The minimum atomic E-state index is -3.13. The van der Waals surface area contributed by atoms with Gasteiger partial charge in [-0.2, -0.15) is 0 Å². The first-order chi connectivity index (χ1) is 4.15. The summed E-state index contributed by atoms with van der Waals surface area (Å²) in [5.41, 5.74) is 0. The molecule has 0 saturated carbocycles. The summed E-state index contributed by atoms with van der Waals surface area (Å²) in [6.45, 7) is 4.55. The molecule has 0 aromatic heterocycles. The van der Waals surface area contributed by atoms with E-state index in [1.54, 1.807) is 0 Å². The van der Waals surface area contributed by atoms with Gasteiger partial charge in [-0.3, -0.25) is 4.57 Å². The molecule has 0 amide bonds. The maximum atomic E-state index is 8.74. The zero-order valence-electron chi connectivity index (χ0n) is 5.92. The van der Waals surface area contributed by atoms with Crippen molar-refractivity contribution in [2.24, 2.45) is 0 Å². The molecule has 0 rings (SSSR count). The van der Waals surface area contributed by atoms with Crippen molar-refractivity contribution < 1.29 is 14.4 Å². The molecule has 0 unspecified atom stereocenters. The average Bonchev–Trinajstić information content (AvgIpc) is 1.66. The molecule has 5 heteroatoms. The Morgan fingerprint density at radius 3 is 1.56 bits per heavy atom. The maximum absolute atomic E-state index is 8.74. The Balaban J connectivity index is 0. The highest BCUT2D eigenvalue weighted by Crippen LogP contribution is 1.98. The minimum Gasteiger partial charge on any atom is -0.326 e. The molecule has 0 atom stereocenters. The van der Waals surface area contributed by atoms with Gasteiger partial charge in [0.05, 0.1) is 0 Å². The van der Waals surface area contributed by atoms with Crippen LogP contribution >= 0.6 is 8.25 Å². The summed E-state index contributed by atoms with van der Waals surface area (Å²) in [5.74, 6) is 0. The Labute approximate surface area is 66.1 Å². The van der Waals surface area contributed by atoms with Gasteiger partial charge in [-0.25, -0.2) is 0 Å². The lowest BCUT2D eigenvalue weighted by molar-refractivity contribution is 0.405. The van der Waals surface area contributed by atoms with Crippen LogP contribution in [0.2, 0.25) is 9.10 Å². The predicted octanol–water partition coefficient (Wildman–Crippen LogP) is 0.928. The van der Waals surface area contributed by atoms with Crippen molar-refractivity contribution >= 4 is 28.6 Å². The summed E-state index contributed by atoms with van der Waals surface area (Å²) in [5, 5.41) is 0. The zero-order chi connectivity index (χ0) is 7.70. The van der Waals surface area contributed by atoms with Crippen molar-refractivity contribution in [2.45, 2.75) is 22.9 Å². The van der Waals surface area contributed by atoms with Gasteiger partial charge in [-0.15, -0.1) is 9.10 Å². The Hall–Kier alpha value is 0.916. The SMILES string of the molecule is C[CH2][Mg][CH2]C.O=[PH](O)O. The number of hydrogen-bond donors (Lipinski definition) is 2. The Morgan fingerprint density at radius 2 is 1.56 bits per heavy atom. The van der Waals surface area contributed by atoms with Crippen molar-refractivity contribution in [3.8, 4) is 0 Å². The standard InChI is InChI=1S/2C2H5.Mg.H3O3P/c2*1-2;;1-4(2)3/h2*1H2,2H3;;4H,(H2,1,2,3). The Morgan fingerprint density at radius 1 is 1.33 bits per heavy atom. The van der Waals surface area contributed by atoms with E-state index in [9.17, 15) is 0 Å². The van der Waals surface area contributed by atoms with E-state index < -0.39 is 8.25 Å².